The standard InChI is InChI=1S/C18H15N5O/c1-22(2)14-8-6-13(7-9-14)11-15-16(12-19)21-23(18(15)24)17-5-3-4-10-20-17/h3-11H,1-2H3. The number of benzene rings is 1. The van der Waals surface area contributed by atoms with E-state index in [2.05, 4.69) is 10.1 Å². The van der Waals surface area contributed by atoms with Crippen molar-refractivity contribution >= 4 is 29.2 Å². The van der Waals surface area contributed by atoms with Crippen molar-refractivity contribution in [3.63, 3.8) is 0 Å². The molecule has 2 aromatic rings. The van der Waals surface area contributed by atoms with Crippen molar-refractivity contribution in [1.82, 2.24) is 4.98 Å². The zero-order valence-electron chi connectivity index (χ0n) is 13.3. The van der Waals surface area contributed by atoms with Gasteiger partial charge in [-0.1, -0.05) is 18.2 Å². The van der Waals surface area contributed by atoms with Crippen LogP contribution in [0.5, 0.6) is 0 Å². The fourth-order valence-electron chi connectivity index (χ4n) is 2.30. The summed E-state index contributed by atoms with van der Waals surface area (Å²) in [5.41, 5.74) is 2.23. The van der Waals surface area contributed by atoms with Gasteiger partial charge >= 0.3 is 0 Å². The summed E-state index contributed by atoms with van der Waals surface area (Å²) in [5.74, 6) is 0.0311. The number of aromatic nitrogens is 1. The van der Waals surface area contributed by atoms with Crippen molar-refractivity contribution in [1.29, 1.82) is 5.26 Å². The first-order valence-electron chi connectivity index (χ1n) is 7.34. The molecule has 0 bridgehead atoms. The predicted octanol–water partition coefficient (Wildman–Crippen LogP) is 2.46. The fraction of sp³-hybridized carbons (Fsp3) is 0.111. The number of nitriles is 1. The van der Waals surface area contributed by atoms with Gasteiger partial charge in [0.1, 0.15) is 6.07 Å². The third kappa shape index (κ3) is 2.88. The number of rotatable bonds is 3. The first-order chi connectivity index (χ1) is 11.6. The van der Waals surface area contributed by atoms with Crippen LogP contribution >= 0.6 is 0 Å². The quantitative estimate of drug-likeness (QED) is 0.815. The molecule has 0 saturated heterocycles. The highest BCUT2D eigenvalue weighted by Gasteiger charge is 2.31. The summed E-state index contributed by atoms with van der Waals surface area (Å²) in [6, 6.07) is 14.9. The molecule has 1 aliphatic heterocycles. The van der Waals surface area contributed by atoms with Gasteiger partial charge in [-0.15, -0.1) is 0 Å². The summed E-state index contributed by atoms with van der Waals surface area (Å²) in [7, 11) is 3.91. The fourth-order valence-corrected chi connectivity index (χ4v) is 2.30. The molecule has 0 saturated carbocycles. The molecule has 0 aliphatic carbocycles. The number of anilines is 2. The average molecular weight is 317 g/mol. The first-order valence-corrected chi connectivity index (χ1v) is 7.34. The van der Waals surface area contributed by atoms with Crippen LogP contribution in [0.1, 0.15) is 5.56 Å². The maximum absolute atomic E-state index is 12.6. The highest BCUT2D eigenvalue weighted by Crippen LogP contribution is 2.23. The summed E-state index contributed by atoms with van der Waals surface area (Å²) < 4.78 is 0. The highest BCUT2D eigenvalue weighted by molar-refractivity contribution is 6.37. The molecule has 1 amide bonds. The molecule has 0 N–H and O–H groups in total. The maximum atomic E-state index is 12.6. The van der Waals surface area contributed by atoms with Gasteiger partial charge in [0.15, 0.2) is 11.5 Å². The van der Waals surface area contributed by atoms with Gasteiger partial charge in [0, 0.05) is 26.0 Å². The van der Waals surface area contributed by atoms with E-state index >= 15 is 0 Å². The lowest BCUT2D eigenvalue weighted by atomic mass is 10.1. The molecule has 6 nitrogen and oxygen atoms in total. The van der Waals surface area contributed by atoms with Crippen LogP contribution in [0.4, 0.5) is 11.5 Å². The molecular formula is C18H15N5O. The second-order valence-electron chi connectivity index (χ2n) is 5.41. The van der Waals surface area contributed by atoms with Gasteiger partial charge in [0.25, 0.3) is 5.91 Å². The normalized spacial score (nSPS) is 15.4. The Kier molecular flexibility index (Phi) is 4.08. The van der Waals surface area contributed by atoms with Crippen LogP contribution < -0.4 is 9.91 Å². The van der Waals surface area contributed by atoms with Gasteiger partial charge in [-0.2, -0.15) is 15.4 Å². The third-order valence-electron chi connectivity index (χ3n) is 3.57. The lowest BCUT2D eigenvalue weighted by Gasteiger charge is -2.12. The van der Waals surface area contributed by atoms with Crippen molar-refractivity contribution in [3.05, 3.63) is 59.8 Å². The number of hydrogen-bond acceptors (Lipinski definition) is 5. The Hall–Kier alpha value is -3.46. The summed E-state index contributed by atoms with van der Waals surface area (Å²) in [5, 5.41) is 14.5. The Morgan fingerprint density at radius 1 is 1.17 bits per heavy atom. The molecule has 1 aromatic heterocycles. The Morgan fingerprint density at radius 3 is 2.50 bits per heavy atom. The number of pyridine rings is 1. The van der Waals surface area contributed by atoms with Gasteiger partial charge in [0.2, 0.25) is 0 Å². The Bertz CT molecular complexity index is 861. The first kappa shape index (κ1) is 15.4. The summed E-state index contributed by atoms with van der Waals surface area (Å²) in [6.07, 6.45) is 3.25. The number of nitrogens with zero attached hydrogens (tertiary/aromatic N) is 5. The zero-order chi connectivity index (χ0) is 17.1. The summed E-state index contributed by atoms with van der Waals surface area (Å²) in [6.45, 7) is 0. The SMILES string of the molecule is CN(C)c1ccc(C=C2C(=O)N(c3ccccn3)N=C2C#N)cc1. The third-order valence-corrected chi connectivity index (χ3v) is 3.57. The molecule has 0 unspecified atom stereocenters. The van der Waals surface area contributed by atoms with E-state index in [9.17, 15) is 10.1 Å². The Balaban J connectivity index is 1.94. The molecule has 3 rings (SSSR count). The second kappa shape index (κ2) is 6.34. The van der Waals surface area contributed by atoms with E-state index in [0.717, 1.165) is 16.3 Å². The van der Waals surface area contributed by atoms with E-state index in [1.165, 1.54) is 0 Å². The molecule has 0 fully saturated rings. The number of hydrazone groups is 1. The van der Waals surface area contributed by atoms with Gasteiger partial charge in [0.05, 0.1) is 5.57 Å². The largest absolute Gasteiger partial charge is 0.378 e. The minimum absolute atomic E-state index is 0.0855. The highest BCUT2D eigenvalue weighted by atomic mass is 16.2. The topological polar surface area (TPSA) is 72.6 Å². The maximum Gasteiger partial charge on any atom is 0.283 e. The van der Waals surface area contributed by atoms with Crippen LogP contribution in [-0.2, 0) is 4.79 Å². The van der Waals surface area contributed by atoms with Gasteiger partial charge < -0.3 is 4.90 Å². The molecule has 0 spiro atoms. The molecule has 24 heavy (non-hydrogen) atoms. The average Bonchev–Trinajstić information content (AvgIpc) is 2.92. The molecule has 6 heteroatoms. The van der Waals surface area contributed by atoms with E-state index in [0.29, 0.717) is 5.82 Å². The van der Waals surface area contributed by atoms with Crippen LogP contribution in [-0.4, -0.2) is 30.7 Å². The smallest absolute Gasteiger partial charge is 0.283 e. The molecule has 0 atom stereocenters. The minimum Gasteiger partial charge on any atom is -0.378 e. The molecule has 1 aromatic carbocycles. The van der Waals surface area contributed by atoms with E-state index in [1.807, 2.05) is 49.3 Å². The Labute approximate surface area is 140 Å². The van der Waals surface area contributed by atoms with Crippen LogP contribution in [0.15, 0.2) is 59.3 Å². The van der Waals surface area contributed by atoms with Crippen LogP contribution in [0.25, 0.3) is 6.08 Å². The van der Waals surface area contributed by atoms with E-state index in [4.69, 9.17) is 0 Å². The monoisotopic (exact) mass is 317 g/mol. The zero-order valence-corrected chi connectivity index (χ0v) is 13.3. The van der Waals surface area contributed by atoms with Crippen LogP contribution in [0.3, 0.4) is 0 Å². The van der Waals surface area contributed by atoms with Gasteiger partial charge in [-0.05, 0) is 35.9 Å². The molecule has 0 radical (unpaired) electrons. The predicted molar refractivity (Wildman–Crippen MR) is 93.5 cm³/mol. The van der Waals surface area contributed by atoms with Gasteiger partial charge in [-0.3, -0.25) is 4.79 Å². The number of carbonyl (C=O) groups excluding carboxylic acids is 1. The number of carbonyl (C=O) groups is 1. The van der Waals surface area contributed by atoms with Crippen molar-refractivity contribution in [2.24, 2.45) is 5.10 Å². The molecule has 118 valence electrons. The molecular weight excluding hydrogens is 302 g/mol. The second-order valence-corrected chi connectivity index (χ2v) is 5.41. The lowest BCUT2D eigenvalue weighted by molar-refractivity contribution is -0.114. The van der Waals surface area contributed by atoms with Crippen molar-refractivity contribution in [3.8, 4) is 6.07 Å². The van der Waals surface area contributed by atoms with Crippen LogP contribution in [0, 0.1) is 11.3 Å². The van der Waals surface area contributed by atoms with Crippen molar-refractivity contribution < 1.29 is 4.79 Å². The number of amides is 1. The lowest BCUT2D eigenvalue weighted by Crippen LogP contribution is -2.22. The molecule has 2 heterocycles. The van der Waals surface area contributed by atoms with Crippen molar-refractivity contribution in [2.75, 3.05) is 24.0 Å². The summed E-state index contributed by atoms with van der Waals surface area (Å²) >= 11 is 0. The minimum atomic E-state index is -0.359. The van der Waals surface area contributed by atoms with Crippen LogP contribution in [0.2, 0.25) is 0 Å². The van der Waals surface area contributed by atoms with E-state index in [-0.39, 0.29) is 17.2 Å². The van der Waals surface area contributed by atoms with Crippen molar-refractivity contribution in [2.45, 2.75) is 0 Å². The van der Waals surface area contributed by atoms with E-state index in [1.54, 1.807) is 30.5 Å². The number of hydrogen-bond donors (Lipinski definition) is 0. The van der Waals surface area contributed by atoms with E-state index < -0.39 is 0 Å². The molecule has 1 aliphatic rings. The van der Waals surface area contributed by atoms with Gasteiger partial charge in [-0.25, -0.2) is 4.98 Å². The Morgan fingerprint density at radius 2 is 1.92 bits per heavy atom. The summed E-state index contributed by atoms with van der Waals surface area (Å²) in [4.78, 5) is 18.7.